The van der Waals surface area contributed by atoms with Crippen LogP contribution >= 0.6 is 0 Å². The molecule has 1 aliphatic heterocycles. The Labute approximate surface area is 178 Å². The van der Waals surface area contributed by atoms with Crippen LogP contribution in [0.1, 0.15) is 11.6 Å². The lowest BCUT2D eigenvalue weighted by molar-refractivity contribution is -0.123. The van der Waals surface area contributed by atoms with E-state index in [1.165, 1.54) is 18.2 Å². The van der Waals surface area contributed by atoms with Crippen LogP contribution in [0.15, 0.2) is 63.8 Å². The second-order valence-corrected chi connectivity index (χ2v) is 7.26. The number of amides is 1. The number of carbonyl (C=O) groups excluding carboxylic acids is 1. The fourth-order valence-electron chi connectivity index (χ4n) is 3.57. The van der Waals surface area contributed by atoms with Gasteiger partial charge >= 0.3 is 5.63 Å². The number of halogens is 1. The first-order valence-electron chi connectivity index (χ1n) is 10.1. The van der Waals surface area contributed by atoms with Gasteiger partial charge in [0.25, 0.3) is 5.91 Å². The first-order chi connectivity index (χ1) is 15.1. The fourth-order valence-corrected chi connectivity index (χ4v) is 3.57. The number of nitrogens with one attached hydrogen (secondary N) is 1. The number of benzene rings is 2. The van der Waals surface area contributed by atoms with Gasteiger partial charge < -0.3 is 19.2 Å². The molecule has 4 rings (SSSR count). The van der Waals surface area contributed by atoms with Crippen molar-refractivity contribution in [2.45, 2.75) is 6.04 Å². The summed E-state index contributed by atoms with van der Waals surface area (Å²) in [7, 11) is 0. The van der Waals surface area contributed by atoms with Gasteiger partial charge in [-0.2, -0.15) is 0 Å². The van der Waals surface area contributed by atoms with E-state index in [-0.39, 0.29) is 24.4 Å². The molecule has 7 nitrogen and oxygen atoms in total. The number of rotatable bonds is 7. The van der Waals surface area contributed by atoms with Crippen LogP contribution in [0.4, 0.5) is 4.39 Å². The van der Waals surface area contributed by atoms with Crippen LogP contribution in [0.25, 0.3) is 11.0 Å². The van der Waals surface area contributed by atoms with Crippen molar-refractivity contribution < 1.29 is 23.1 Å². The monoisotopic (exact) mass is 426 g/mol. The highest BCUT2D eigenvalue weighted by Crippen LogP contribution is 2.22. The van der Waals surface area contributed by atoms with E-state index in [2.05, 4.69) is 10.2 Å². The zero-order valence-electron chi connectivity index (χ0n) is 16.9. The SMILES string of the molecule is O=C(COc1ccc2ccc(=O)oc2c1)NCC(c1ccc(F)cc1)N1CCOCC1. The van der Waals surface area contributed by atoms with Crippen LogP contribution in [0.2, 0.25) is 0 Å². The van der Waals surface area contributed by atoms with Gasteiger partial charge in [-0.1, -0.05) is 12.1 Å². The van der Waals surface area contributed by atoms with E-state index in [9.17, 15) is 14.0 Å². The van der Waals surface area contributed by atoms with Crippen molar-refractivity contribution in [3.63, 3.8) is 0 Å². The standard InChI is InChI=1S/C23H23FN2O5/c24-18-5-1-16(2-6-18)20(26-9-11-29-12-10-26)14-25-22(27)15-30-19-7-3-17-4-8-23(28)31-21(17)13-19/h1-8,13,20H,9-12,14-15H2,(H,25,27). The Bertz CT molecular complexity index is 1090. The summed E-state index contributed by atoms with van der Waals surface area (Å²) in [5, 5.41) is 3.66. The molecule has 1 N–H and O–H groups in total. The van der Waals surface area contributed by atoms with E-state index >= 15 is 0 Å². The van der Waals surface area contributed by atoms with Crippen molar-refractivity contribution in [1.29, 1.82) is 0 Å². The Kier molecular flexibility index (Phi) is 6.59. The van der Waals surface area contributed by atoms with Gasteiger partial charge in [0.2, 0.25) is 0 Å². The highest BCUT2D eigenvalue weighted by molar-refractivity contribution is 5.79. The second-order valence-electron chi connectivity index (χ2n) is 7.26. The lowest BCUT2D eigenvalue weighted by atomic mass is 10.0. The molecule has 1 fully saturated rings. The molecule has 0 radical (unpaired) electrons. The zero-order chi connectivity index (χ0) is 21.6. The van der Waals surface area contributed by atoms with Crippen LogP contribution in [-0.4, -0.2) is 50.3 Å². The van der Waals surface area contributed by atoms with Gasteiger partial charge in [0.15, 0.2) is 6.61 Å². The summed E-state index contributed by atoms with van der Waals surface area (Å²) in [6, 6.07) is 14.3. The third-order valence-electron chi connectivity index (χ3n) is 5.20. The van der Waals surface area contributed by atoms with E-state index in [4.69, 9.17) is 13.9 Å². The summed E-state index contributed by atoms with van der Waals surface area (Å²) in [6.45, 7) is 2.88. The third-order valence-corrected chi connectivity index (χ3v) is 5.20. The highest BCUT2D eigenvalue weighted by Gasteiger charge is 2.23. The van der Waals surface area contributed by atoms with E-state index in [0.717, 1.165) is 24.0 Å². The van der Waals surface area contributed by atoms with Crippen molar-refractivity contribution in [2.24, 2.45) is 0 Å². The van der Waals surface area contributed by atoms with Gasteiger partial charge in [0.05, 0.1) is 19.3 Å². The van der Waals surface area contributed by atoms with E-state index in [1.54, 1.807) is 36.4 Å². The lowest BCUT2D eigenvalue weighted by Crippen LogP contribution is -2.44. The Morgan fingerprint density at radius 2 is 1.84 bits per heavy atom. The summed E-state index contributed by atoms with van der Waals surface area (Å²) in [4.78, 5) is 26.0. The molecule has 162 valence electrons. The molecule has 1 atom stereocenters. The number of fused-ring (bicyclic) bond motifs is 1. The summed E-state index contributed by atoms with van der Waals surface area (Å²) >= 11 is 0. The molecular weight excluding hydrogens is 403 g/mol. The Balaban J connectivity index is 1.37. The third kappa shape index (κ3) is 5.48. The van der Waals surface area contributed by atoms with Crippen molar-refractivity contribution in [3.05, 3.63) is 76.4 Å². The maximum absolute atomic E-state index is 13.3. The van der Waals surface area contributed by atoms with Crippen molar-refractivity contribution in [3.8, 4) is 5.75 Å². The maximum atomic E-state index is 13.3. The van der Waals surface area contributed by atoms with Gasteiger partial charge in [-0.05, 0) is 35.9 Å². The predicted molar refractivity (Wildman–Crippen MR) is 113 cm³/mol. The molecule has 1 aliphatic rings. The molecule has 1 amide bonds. The minimum atomic E-state index is -0.447. The molecule has 0 aliphatic carbocycles. The number of carbonyl (C=O) groups is 1. The van der Waals surface area contributed by atoms with Crippen molar-refractivity contribution >= 4 is 16.9 Å². The van der Waals surface area contributed by atoms with E-state index < -0.39 is 5.63 Å². The van der Waals surface area contributed by atoms with E-state index in [0.29, 0.717) is 31.1 Å². The summed E-state index contributed by atoms with van der Waals surface area (Å²) < 4.78 is 29.5. The average Bonchev–Trinajstić information content (AvgIpc) is 2.79. The first-order valence-corrected chi connectivity index (χ1v) is 10.1. The fraction of sp³-hybridized carbons (Fsp3) is 0.304. The molecule has 0 bridgehead atoms. The van der Waals surface area contributed by atoms with Gasteiger partial charge in [0.1, 0.15) is 17.1 Å². The highest BCUT2D eigenvalue weighted by atomic mass is 19.1. The van der Waals surface area contributed by atoms with Crippen molar-refractivity contribution in [1.82, 2.24) is 10.2 Å². The molecule has 2 aromatic carbocycles. The summed E-state index contributed by atoms with van der Waals surface area (Å²) in [6.07, 6.45) is 0. The van der Waals surface area contributed by atoms with Crippen LogP contribution in [0, 0.1) is 5.82 Å². The molecule has 0 spiro atoms. The lowest BCUT2D eigenvalue weighted by Gasteiger charge is -2.35. The van der Waals surface area contributed by atoms with Gasteiger partial charge in [-0.25, -0.2) is 9.18 Å². The molecule has 2 heterocycles. The largest absolute Gasteiger partial charge is 0.484 e. The first kappa shape index (κ1) is 21.0. The Morgan fingerprint density at radius 1 is 1.10 bits per heavy atom. The molecule has 0 saturated carbocycles. The summed E-state index contributed by atoms with van der Waals surface area (Å²) in [5.74, 6) is -0.150. The minimum Gasteiger partial charge on any atom is -0.484 e. The van der Waals surface area contributed by atoms with Crippen LogP contribution in [0.5, 0.6) is 5.75 Å². The predicted octanol–water partition coefficient (Wildman–Crippen LogP) is 2.50. The van der Waals surface area contributed by atoms with Crippen LogP contribution < -0.4 is 15.7 Å². The minimum absolute atomic E-state index is 0.0941. The quantitative estimate of drug-likeness (QED) is 0.585. The number of morpholine rings is 1. The average molecular weight is 426 g/mol. The number of hydrogen-bond donors (Lipinski definition) is 1. The van der Waals surface area contributed by atoms with E-state index in [1.807, 2.05) is 0 Å². The Hall–Kier alpha value is -3.23. The molecule has 1 unspecified atom stereocenters. The smallest absolute Gasteiger partial charge is 0.336 e. The molecule has 1 saturated heterocycles. The number of hydrogen-bond acceptors (Lipinski definition) is 6. The van der Waals surface area contributed by atoms with Gasteiger partial charge in [-0.15, -0.1) is 0 Å². The molecule has 8 heteroatoms. The van der Waals surface area contributed by atoms with Gasteiger partial charge in [0, 0.05) is 37.2 Å². The van der Waals surface area contributed by atoms with Crippen LogP contribution in [0.3, 0.4) is 0 Å². The van der Waals surface area contributed by atoms with Crippen LogP contribution in [-0.2, 0) is 9.53 Å². The number of ether oxygens (including phenoxy) is 2. The number of nitrogens with zero attached hydrogens (tertiary/aromatic N) is 1. The molecule has 1 aromatic heterocycles. The topological polar surface area (TPSA) is 81.0 Å². The molecular formula is C23H23FN2O5. The van der Waals surface area contributed by atoms with Crippen molar-refractivity contribution in [2.75, 3.05) is 39.5 Å². The second kappa shape index (κ2) is 9.72. The van der Waals surface area contributed by atoms with Gasteiger partial charge in [-0.3, -0.25) is 9.69 Å². The zero-order valence-corrected chi connectivity index (χ0v) is 16.9. The normalized spacial score (nSPS) is 15.5. The Morgan fingerprint density at radius 3 is 2.61 bits per heavy atom. The maximum Gasteiger partial charge on any atom is 0.336 e. The molecule has 3 aromatic rings. The summed E-state index contributed by atoms with van der Waals surface area (Å²) in [5.41, 5.74) is 0.875. The molecule has 31 heavy (non-hydrogen) atoms.